The van der Waals surface area contributed by atoms with Crippen molar-refractivity contribution >= 4 is 45.0 Å². The fraction of sp³-hybridized carbons (Fsp3) is 0.158. The van der Waals surface area contributed by atoms with Gasteiger partial charge in [-0.15, -0.1) is 11.3 Å². The van der Waals surface area contributed by atoms with Crippen LogP contribution in [0.5, 0.6) is 0 Å². The van der Waals surface area contributed by atoms with Crippen LogP contribution in [0.2, 0.25) is 0 Å². The van der Waals surface area contributed by atoms with Crippen LogP contribution < -0.4 is 10.9 Å². The second kappa shape index (κ2) is 7.80. The molecule has 0 radical (unpaired) electrons. The molecule has 0 spiro atoms. The van der Waals surface area contributed by atoms with Gasteiger partial charge in [-0.05, 0) is 49.1 Å². The van der Waals surface area contributed by atoms with Gasteiger partial charge in [-0.2, -0.15) is 5.10 Å². The average Bonchev–Trinajstić information content (AvgIpc) is 3.31. The first-order chi connectivity index (χ1) is 13.9. The third-order valence-corrected chi connectivity index (χ3v) is 5.98. The molecule has 1 amide bonds. The summed E-state index contributed by atoms with van der Waals surface area (Å²) >= 11 is 2.43. The Morgan fingerprint density at radius 2 is 2.14 bits per heavy atom. The van der Waals surface area contributed by atoms with E-state index in [4.69, 9.17) is 0 Å². The van der Waals surface area contributed by atoms with Gasteiger partial charge in [0, 0.05) is 11.8 Å². The van der Waals surface area contributed by atoms with Crippen LogP contribution in [-0.2, 0) is 4.79 Å². The monoisotopic (exact) mass is 429 g/mol. The molecule has 3 aromatic heterocycles. The highest BCUT2D eigenvalue weighted by atomic mass is 32.2. The first-order valence-electron chi connectivity index (χ1n) is 8.64. The molecule has 0 aliphatic carbocycles. The molecule has 2 N–H and O–H groups in total. The first kappa shape index (κ1) is 19.3. The van der Waals surface area contributed by atoms with Gasteiger partial charge in [0.05, 0.1) is 17.0 Å². The van der Waals surface area contributed by atoms with Gasteiger partial charge in [0.15, 0.2) is 11.0 Å². The molecule has 0 aliphatic rings. The quantitative estimate of drug-likeness (QED) is 0.373. The van der Waals surface area contributed by atoms with E-state index in [0.717, 1.165) is 17.5 Å². The minimum absolute atomic E-state index is 0.0359. The molecule has 10 heteroatoms. The van der Waals surface area contributed by atoms with E-state index in [2.05, 4.69) is 20.5 Å². The summed E-state index contributed by atoms with van der Waals surface area (Å²) in [5, 5.41) is 11.6. The van der Waals surface area contributed by atoms with Crippen molar-refractivity contribution in [2.45, 2.75) is 19.0 Å². The summed E-state index contributed by atoms with van der Waals surface area (Å²) in [7, 11) is 0. The highest BCUT2D eigenvalue weighted by Gasteiger charge is 2.16. The van der Waals surface area contributed by atoms with E-state index in [1.807, 2.05) is 6.92 Å². The zero-order valence-corrected chi connectivity index (χ0v) is 17.2. The smallest absolute Gasteiger partial charge is 0.276 e. The van der Waals surface area contributed by atoms with E-state index < -0.39 is 0 Å². The summed E-state index contributed by atoms with van der Waals surface area (Å²) in [6.45, 7) is 3.47. The number of aryl methyl sites for hydroxylation is 2. The first-order valence-corrected chi connectivity index (χ1v) is 10.5. The van der Waals surface area contributed by atoms with Gasteiger partial charge in [0.1, 0.15) is 10.5 Å². The summed E-state index contributed by atoms with van der Waals surface area (Å²) < 4.78 is 15.6. The van der Waals surface area contributed by atoms with Crippen molar-refractivity contribution in [2.24, 2.45) is 0 Å². The number of aromatic nitrogens is 4. The summed E-state index contributed by atoms with van der Waals surface area (Å²) in [5.41, 5.74) is 2.08. The number of benzene rings is 1. The Morgan fingerprint density at radius 1 is 1.31 bits per heavy atom. The van der Waals surface area contributed by atoms with Crippen molar-refractivity contribution in [3.63, 3.8) is 0 Å². The molecule has 7 nitrogen and oxygen atoms in total. The van der Waals surface area contributed by atoms with Crippen molar-refractivity contribution < 1.29 is 9.18 Å². The SMILES string of the molecule is Cc1cc(NC(=O)CSc2nc3ccsc3c(=O)n2-c2ccc(F)c(C)c2)n[nH]1. The molecule has 0 atom stereocenters. The number of rotatable bonds is 5. The number of thioether (sulfide) groups is 1. The molecule has 0 bridgehead atoms. The molecule has 4 aromatic rings. The number of halogens is 1. The largest absolute Gasteiger partial charge is 0.308 e. The molecule has 0 saturated carbocycles. The van der Waals surface area contributed by atoms with Crippen molar-refractivity contribution in [1.82, 2.24) is 19.7 Å². The van der Waals surface area contributed by atoms with Crippen LogP contribution in [0.25, 0.3) is 15.9 Å². The molecule has 0 saturated heterocycles. The van der Waals surface area contributed by atoms with Crippen LogP contribution in [0.4, 0.5) is 10.2 Å². The summed E-state index contributed by atoms with van der Waals surface area (Å²) in [4.78, 5) is 29.9. The van der Waals surface area contributed by atoms with E-state index in [1.54, 1.807) is 30.5 Å². The summed E-state index contributed by atoms with van der Waals surface area (Å²) in [5.74, 6) is -0.160. The van der Waals surface area contributed by atoms with E-state index in [9.17, 15) is 14.0 Å². The second-order valence-electron chi connectivity index (χ2n) is 6.38. The average molecular weight is 430 g/mol. The third kappa shape index (κ3) is 3.94. The van der Waals surface area contributed by atoms with Gasteiger partial charge in [-0.1, -0.05) is 11.8 Å². The maximum Gasteiger partial charge on any atom is 0.276 e. The van der Waals surface area contributed by atoms with Crippen molar-refractivity contribution in [2.75, 3.05) is 11.1 Å². The Balaban J connectivity index is 1.68. The number of H-pyrrole nitrogens is 1. The number of aromatic amines is 1. The molecule has 148 valence electrons. The number of amides is 1. The van der Waals surface area contributed by atoms with Crippen molar-refractivity contribution in [1.29, 1.82) is 0 Å². The number of thiophene rings is 1. The summed E-state index contributed by atoms with van der Waals surface area (Å²) in [6.07, 6.45) is 0. The van der Waals surface area contributed by atoms with E-state index in [0.29, 0.717) is 32.4 Å². The van der Waals surface area contributed by atoms with Gasteiger partial charge in [-0.25, -0.2) is 9.37 Å². The molecular formula is C19H16FN5O2S2. The van der Waals surface area contributed by atoms with Crippen LogP contribution >= 0.6 is 23.1 Å². The van der Waals surface area contributed by atoms with Crippen molar-refractivity contribution in [3.8, 4) is 5.69 Å². The predicted molar refractivity (Wildman–Crippen MR) is 113 cm³/mol. The number of anilines is 1. The van der Waals surface area contributed by atoms with Gasteiger partial charge in [0.25, 0.3) is 5.56 Å². The zero-order valence-electron chi connectivity index (χ0n) is 15.5. The normalized spacial score (nSPS) is 11.1. The van der Waals surface area contributed by atoms with Crippen molar-refractivity contribution in [3.05, 3.63) is 63.1 Å². The molecule has 0 aliphatic heterocycles. The van der Waals surface area contributed by atoms with Gasteiger partial charge < -0.3 is 5.32 Å². The van der Waals surface area contributed by atoms with E-state index in [-0.39, 0.29) is 23.0 Å². The number of nitrogens with zero attached hydrogens (tertiary/aromatic N) is 3. The number of hydrogen-bond donors (Lipinski definition) is 2. The highest BCUT2D eigenvalue weighted by Crippen LogP contribution is 2.24. The zero-order chi connectivity index (χ0) is 20.5. The van der Waals surface area contributed by atoms with Crippen LogP contribution in [0.15, 0.2) is 45.7 Å². The second-order valence-corrected chi connectivity index (χ2v) is 8.24. The molecule has 4 rings (SSSR count). The predicted octanol–water partition coefficient (Wildman–Crippen LogP) is 3.66. The molecule has 1 aromatic carbocycles. The standard InChI is InChI=1S/C19H16FN5O2S2/c1-10-7-12(3-4-13(10)20)25-18(27)17-14(5-6-28-17)21-19(25)29-9-16(26)22-15-8-11(2)23-24-15/h3-8H,9H2,1-2H3,(H2,22,23,24,26). The molecule has 3 heterocycles. The number of carbonyl (C=O) groups is 1. The minimum Gasteiger partial charge on any atom is -0.308 e. The lowest BCUT2D eigenvalue weighted by Gasteiger charge is -2.12. The number of nitrogens with one attached hydrogen (secondary N) is 2. The Kier molecular flexibility index (Phi) is 5.20. The highest BCUT2D eigenvalue weighted by molar-refractivity contribution is 7.99. The van der Waals surface area contributed by atoms with Gasteiger partial charge in [-0.3, -0.25) is 19.3 Å². The third-order valence-electron chi connectivity index (χ3n) is 4.15. The lowest BCUT2D eigenvalue weighted by molar-refractivity contribution is -0.113. The molecule has 29 heavy (non-hydrogen) atoms. The van der Waals surface area contributed by atoms with Gasteiger partial charge in [0.2, 0.25) is 5.91 Å². The number of hydrogen-bond acceptors (Lipinski definition) is 6. The Morgan fingerprint density at radius 3 is 2.86 bits per heavy atom. The maximum absolute atomic E-state index is 13.7. The van der Waals surface area contributed by atoms with Crippen LogP contribution in [0.1, 0.15) is 11.3 Å². The number of carbonyl (C=O) groups excluding carboxylic acids is 1. The Bertz CT molecular complexity index is 1280. The molecule has 0 unspecified atom stereocenters. The van der Waals surface area contributed by atoms with E-state index in [1.165, 1.54) is 28.0 Å². The topological polar surface area (TPSA) is 92.7 Å². The Labute approximate surface area is 173 Å². The Hall–Kier alpha value is -2.98. The lowest BCUT2D eigenvalue weighted by Crippen LogP contribution is -2.22. The van der Waals surface area contributed by atoms with Crippen LogP contribution in [0.3, 0.4) is 0 Å². The summed E-state index contributed by atoms with van der Waals surface area (Å²) in [6, 6.07) is 7.92. The van der Waals surface area contributed by atoms with Gasteiger partial charge >= 0.3 is 0 Å². The van der Waals surface area contributed by atoms with Crippen LogP contribution in [-0.4, -0.2) is 31.4 Å². The lowest BCUT2D eigenvalue weighted by atomic mass is 10.2. The minimum atomic E-state index is -0.352. The fourth-order valence-electron chi connectivity index (χ4n) is 2.78. The maximum atomic E-state index is 13.7. The molecular weight excluding hydrogens is 413 g/mol. The fourth-order valence-corrected chi connectivity index (χ4v) is 4.35. The number of fused-ring (bicyclic) bond motifs is 1. The molecule has 0 fully saturated rings. The van der Waals surface area contributed by atoms with Crippen LogP contribution in [0, 0.1) is 19.7 Å². The van der Waals surface area contributed by atoms with E-state index >= 15 is 0 Å².